The van der Waals surface area contributed by atoms with Crippen LogP contribution < -0.4 is 11.2 Å². The van der Waals surface area contributed by atoms with Crippen molar-refractivity contribution >= 4 is 35.2 Å². The van der Waals surface area contributed by atoms with Gasteiger partial charge in [0.2, 0.25) is 0 Å². The zero-order valence-corrected chi connectivity index (χ0v) is 16.9. The smallest absolute Gasteiger partial charge is 0.330 e. The summed E-state index contributed by atoms with van der Waals surface area (Å²) >= 11 is 7.36. The number of carbonyl (C=O) groups excluding carboxylic acids is 2. The van der Waals surface area contributed by atoms with Crippen molar-refractivity contribution in [2.24, 2.45) is 5.73 Å². The van der Waals surface area contributed by atoms with Gasteiger partial charge in [-0.1, -0.05) is 30.3 Å². The zero-order chi connectivity index (χ0) is 19.4. The Balaban J connectivity index is 2.94. The fourth-order valence-corrected chi connectivity index (χ4v) is 3.00. The normalized spacial score (nSPS) is 13.1. The average Bonchev–Trinajstić information content (AvgIpc) is 2.64. The number of benzene rings is 1. The van der Waals surface area contributed by atoms with Crippen LogP contribution in [0.4, 0.5) is 0 Å². The first-order chi connectivity index (χ1) is 12.5. The van der Waals surface area contributed by atoms with Crippen LogP contribution in [0.5, 0.6) is 0 Å². The first-order valence-electron chi connectivity index (χ1n) is 8.62. The first-order valence-corrected chi connectivity index (χ1v) is 10.6. The Labute approximate surface area is 164 Å². The number of hydrogen-bond acceptors (Lipinski definition) is 6. The minimum Gasteiger partial charge on any atom is -0.464 e. The Kier molecular flexibility index (Phi) is 11.4. The third-order valence-corrected chi connectivity index (χ3v) is 4.53. The maximum Gasteiger partial charge on any atom is 0.330 e. The van der Waals surface area contributed by atoms with Gasteiger partial charge in [0.05, 0.1) is 12.6 Å². The molecule has 0 aromatic heterocycles. The van der Waals surface area contributed by atoms with E-state index in [0.717, 1.165) is 5.56 Å². The number of halogens is 1. The van der Waals surface area contributed by atoms with E-state index in [0.29, 0.717) is 31.0 Å². The van der Waals surface area contributed by atoms with Gasteiger partial charge >= 0.3 is 5.97 Å². The van der Waals surface area contributed by atoms with E-state index in [2.05, 4.69) is 5.43 Å². The molecule has 1 aromatic carbocycles. The molecule has 146 valence electrons. The minimum absolute atomic E-state index is 0.252. The highest BCUT2D eigenvalue weighted by Gasteiger charge is 2.33. The Morgan fingerprint density at radius 3 is 2.62 bits per heavy atom. The summed E-state index contributed by atoms with van der Waals surface area (Å²) in [6.07, 6.45) is 2.80. The monoisotopic (exact) mass is 401 g/mol. The quantitative estimate of drug-likeness (QED) is 0.315. The molecule has 0 spiro atoms. The Bertz CT molecular complexity index is 548. The van der Waals surface area contributed by atoms with Crippen molar-refractivity contribution in [3.8, 4) is 0 Å². The average molecular weight is 402 g/mol. The third-order valence-electron chi connectivity index (χ3n) is 3.70. The molecule has 3 N–H and O–H groups in total. The number of thioether (sulfide) groups is 1. The van der Waals surface area contributed by atoms with Crippen molar-refractivity contribution in [2.45, 2.75) is 31.8 Å². The Morgan fingerprint density at radius 1 is 1.35 bits per heavy atom. The maximum absolute atomic E-state index is 12.9. The highest BCUT2D eigenvalue weighted by Crippen LogP contribution is 2.12. The van der Waals surface area contributed by atoms with Crippen LogP contribution in [0, 0.1) is 0 Å². The number of nitrogens with two attached hydrogens (primary N) is 1. The zero-order valence-electron chi connectivity index (χ0n) is 15.3. The van der Waals surface area contributed by atoms with Gasteiger partial charge in [0.25, 0.3) is 5.91 Å². The van der Waals surface area contributed by atoms with E-state index in [1.54, 1.807) is 18.7 Å². The third kappa shape index (κ3) is 7.53. The molecule has 6 nitrogen and oxygen atoms in total. The molecule has 1 amide bonds. The second kappa shape index (κ2) is 13.0. The second-order valence-electron chi connectivity index (χ2n) is 5.65. The topological polar surface area (TPSA) is 84.7 Å². The minimum atomic E-state index is -0.772. The highest BCUT2D eigenvalue weighted by molar-refractivity contribution is 7.98. The number of rotatable bonds is 12. The van der Waals surface area contributed by atoms with Crippen LogP contribution >= 0.6 is 23.4 Å². The summed E-state index contributed by atoms with van der Waals surface area (Å²) < 4.78 is 5.15. The van der Waals surface area contributed by atoms with Crippen LogP contribution in [0.1, 0.15) is 18.9 Å². The molecule has 1 aromatic rings. The van der Waals surface area contributed by atoms with Crippen molar-refractivity contribution in [1.82, 2.24) is 10.4 Å². The lowest BCUT2D eigenvalue weighted by Crippen LogP contribution is -2.58. The molecule has 0 fully saturated rings. The summed E-state index contributed by atoms with van der Waals surface area (Å²) in [5.41, 5.74) is 10.0. The number of esters is 1. The van der Waals surface area contributed by atoms with Crippen molar-refractivity contribution in [3.63, 3.8) is 0 Å². The largest absolute Gasteiger partial charge is 0.464 e. The molecule has 0 radical (unpaired) electrons. The molecule has 26 heavy (non-hydrogen) atoms. The molecule has 0 heterocycles. The van der Waals surface area contributed by atoms with Crippen molar-refractivity contribution in [1.29, 1.82) is 0 Å². The number of ether oxygens (including phenoxy) is 1. The highest BCUT2D eigenvalue weighted by atomic mass is 35.5. The molecular weight excluding hydrogens is 374 g/mol. The van der Waals surface area contributed by atoms with E-state index in [1.807, 2.05) is 36.6 Å². The fourth-order valence-electron chi connectivity index (χ4n) is 2.46. The molecule has 0 unspecified atom stereocenters. The van der Waals surface area contributed by atoms with Crippen LogP contribution in [0.25, 0.3) is 0 Å². The Hall–Kier alpha value is -1.28. The summed E-state index contributed by atoms with van der Waals surface area (Å²) in [6, 6.07) is 8.03. The summed E-state index contributed by atoms with van der Waals surface area (Å²) in [4.78, 5) is 25.3. The molecule has 0 saturated heterocycles. The van der Waals surface area contributed by atoms with Gasteiger partial charge in [-0.25, -0.2) is 10.2 Å². The predicted octanol–water partition coefficient (Wildman–Crippen LogP) is 1.81. The summed E-state index contributed by atoms with van der Waals surface area (Å²) in [7, 11) is 0. The number of carbonyl (C=O) groups is 2. The van der Waals surface area contributed by atoms with Crippen LogP contribution in [0.3, 0.4) is 0 Å². The molecule has 2 atom stereocenters. The van der Waals surface area contributed by atoms with E-state index >= 15 is 0 Å². The Morgan fingerprint density at radius 2 is 2.04 bits per heavy atom. The number of hydrazine groups is 1. The van der Waals surface area contributed by atoms with Gasteiger partial charge in [0.15, 0.2) is 0 Å². The van der Waals surface area contributed by atoms with E-state index in [1.165, 1.54) is 5.01 Å². The predicted molar refractivity (Wildman–Crippen MR) is 107 cm³/mol. The van der Waals surface area contributed by atoms with Crippen molar-refractivity contribution < 1.29 is 14.3 Å². The standard InChI is InChI=1S/C18H28ClN3O3S/c1-3-25-18(24)16(9-12-26-2)22(21-11-10-19)17(23)15(20)13-14-7-5-4-6-8-14/h4-8,15-16,21H,3,9-13,20H2,1-2H3/t15-,16-/m0/s1. The van der Waals surface area contributed by atoms with Gasteiger partial charge < -0.3 is 10.5 Å². The van der Waals surface area contributed by atoms with Gasteiger partial charge in [-0.05, 0) is 37.3 Å². The summed E-state index contributed by atoms with van der Waals surface area (Å²) in [6.45, 7) is 2.34. The molecule has 0 aliphatic carbocycles. The summed E-state index contributed by atoms with van der Waals surface area (Å²) in [5.74, 6) is 0.224. The van der Waals surface area contributed by atoms with Crippen LogP contribution in [0.15, 0.2) is 30.3 Å². The number of hydrogen-bond donors (Lipinski definition) is 2. The first kappa shape index (κ1) is 22.8. The van der Waals surface area contributed by atoms with Crippen molar-refractivity contribution in [2.75, 3.05) is 31.0 Å². The van der Waals surface area contributed by atoms with Crippen LogP contribution in [-0.2, 0) is 20.7 Å². The van der Waals surface area contributed by atoms with Gasteiger partial charge in [-0.2, -0.15) is 11.8 Å². The molecule has 0 aliphatic rings. The molecule has 0 saturated carbocycles. The van der Waals surface area contributed by atoms with Crippen LogP contribution in [-0.4, -0.2) is 60.0 Å². The van der Waals surface area contributed by atoms with E-state index in [9.17, 15) is 9.59 Å². The number of amides is 1. The molecule has 1 rings (SSSR count). The van der Waals surface area contributed by atoms with E-state index < -0.39 is 18.1 Å². The molecule has 0 bridgehead atoms. The van der Waals surface area contributed by atoms with E-state index in [-0.39, 0.29) is 12.5 Å². The van der Waals surface area contributed by atoms with Crippen molar-refractivity contribution in [3.05, 3.63) is 35.9 Å². The summed E-state index contributed by atoms with van der Waals surface area (Å²) in [5, 5.41) is 1.31. The fraction of sp³-hybridized carbons (Fsp3) is 0.556. The van der Waals surface area contributed by atoms with Gasteiger partial charge in [-0.3, -0.25) is 9.80 Å². The maximum atomic E-state index is 12.9. The molecular formula is C18H28ClN3O3S. The molecule has 8 heteroatoms. The number of nitrogens with zero attached hydrogens (tertiary/aromatic N) is 1. The van der Waals surface area contributed by atoms with Gasteiger partial charge in [0, 0.05) is 12.4 Å². The number of alkyl halides is 1. The lowest BCUT2D eigenvalue weighted by molar-refractivity contribution is -0.158. The van der Waals surface area contributed by atoms with Gasteiger partial charge in [0.1, 0.15) is 6.04 Å². The molecule has 0 aliphatic heterocycles. The lowest BCUT2D eigenvalue weighted by Gasteiger charge is -2.32. The lowest BCUT2D eigenvalue weighted by atomic mass is 10.1. The van der Waals surface area contributed by atoms with Crippen LogP contribution in [0.2, 0.25) is 0 Å². The number of nitrogens with one attached hydrogen (secondary N) is 1. The van der Waals surface area contributed by atoms with E-state index in [4.69, 9.17) is 22.1 Å². The SMILES string of the molecule is CCOC(=O)[C@H](CCSC)N(NCCCl)C(=O)[C@@H](N)Cc1ccccc1. The van der Waals surface area contributed by atoms with Gasteiger partial charge in [-0.15, -0.1) is 11.6 Å². The second-order valence-corrected chi connectivity index (χ2v) is 7.01.